The van der Waals surface area contributed by atoms with E-state index >= 15 is 0 Å². The number of imidazole rings is 1. The average Bonchev–Trinajstić information content (AvgIpc) is 3.13. The van der Waals surface area contributed by atoms with Gasteiger partial charge in [-0.25, -0.2) is 9.38 Å². The van der Waals surface area contributed by atoms with Crippen LogP contribution in [-0.4, -0.2) is 36.7 Å². The van der Waals surface area contributed by atoms with E-state index in [9.17, 15) is 0 Å². The summed E-state index contributed by atoms with van der Waals surface area (Å²) >= 11 is 5.35. The molecule has 0 aliphatic carbocycles. The highest BCUT2D eigenvalue weighted by Gasteiger charge is 2.13. The zero-order chi connectivity index (χ0) is 14.4. The van der Waals surface area contributed by atoms with Crippen molar-refractivity contribution in [2.45, 2.75) is 0 Å². The number of benzene rings is 1. The van der Waals surface area contributed by atoms with Crippen LogP contribution in [0.5, 0.6) is 5.75 Å². The first-order valence-corrected chi connectivity index (χ1v) is 6.63. The SMILES string of the molecule is COc1ccc(-c2n[nH]c3c4[nH]cnc4nc(=S)n23)cc1. The molecule has 0 saturated heterocycles. The van der Waals surface area contributed by atoms with Crippen molar-refractivity contribution in [1.29, 1.82) is 0 Å². The Kier molecular flexibility index (Phi) is 2.51. The molecular weight excluding hydrogens is 288 g/mol. The molecule has 104 valence electrons. The molecule has 0 spiro atoms. The van der Waals surface area contributed by atoms with E-state index in [0.29, 0.717) is 16.2 Å². The van der Waals surface area contributed by atoms with Gasteiger partial charge < -0.3 is 9.72 Å². The van der Waals surface area contributed by atoms with Gasteiger partial charge in [-0.2, -0.15) is 10.1 Å². The molecule has 3 aromatic heterocycles. The standard InChI is InChI=1S/C13H10N6OS/c1-20-8-4-2-7(3-5-8)11-17-18-12-9-10(15-6-14-9)16-13(21)19(11)12/h2-6,18H,1H3,(H,14,15,16,21). The molecule has 0 bridgehead atoms. The summed E-state index contributed by atoms with van der Waals surface area (Å²) in [6, 6.07) is 7.60. The number of nitrogens with one attached hydrogen (secondary N) is 2. The molecule has 0 amide bonds. The molecule has 0 atom stereocenters. The fourth-order valence-corrected chi connectivity index (χ4v) is 2.55. The molecule has 3 heterocycles. The zero-order valence-electron chi connectivity index (χ0n) is 11.0. The summed E-state index contributed by atoms with van der Waals surface area (Å²) in [7, 11) is 1.63. The van der Waals surface area contributed by atoms with Gasteiger partial charge >= 0.3 is 0 Å². The number of methoxy groups -OCH3 is 1. The number of rotatable bonds is 2. The van der Waals surface area contributed by atoms with E-state index in [0.717, 1.165) is 22.5 Å². The van der Waals surface area contributed by atoms with Crippen LogP contribution in [0, 0.1) is 4.77 Å². The van der Waals surface area contributed by atoms with E-state index in [1.54, 1.807) is 17.8 Å². The number of aromatic nitrogens is 6. The lowest BCUT2D eigenvalue weighted by Gasteiger charge is -2.02. The lowest BCUT2D eigenvalue weighted by Crippen LogP contribution is -1.95. The van der Waals surface area contributed by atoms with Gasteiger partial charge in [-0.1, -0.05) is 0 Å². The van der Waals surface area contributed by atoms with E-state index < -0.39 is 0 Å². The lowest BCUT2D eigenvalue weighted by molar-refractivity contribution is 0.415. The topological polar surface area (TPSA) is 83.9 Å². The van der Waals surface area contributed by atoms with Crippen molar-refractivity contribution >= 4 is 29.0 Å². The fourth-order valence-electron chi connectivity index (χ4n) is 2.29. The zero-order valence-corrected chi connectivity index (χ0v) is 11.8. The monoisotopic (exact) mass is 298 g/mol. The molecule has 0 fully saturated rings. The maximum absolute atomic E-state index is 5.35. The summed E-state index contributed by atoms with van der Waals surface area (Å²) in [5.74, 6) is 1.48. The van der Waals surface area contributed by atoms with Gasteiger partial charge in [0, 0.05) is 5.56 Å². The van der Waals surface area contributed by atoms with Crippen LogP contribution in [-0.2, 0) is 0 Å². The second-order valence-electron chi connectivity index (χ2n) is 4.46. The molecule has 1 aromatic carbocycles. The minimum absolute atomic E-state index is 0.407. The Bertz CT molecular complexity index is 997. The third-order valence-electron chi connectivity index (χ3n) is 3.30. The Morgan fingerprint density at radius 3 is 2.81 bits per heavy atom. The predicted molar refractivity (Wildman–Crippen MR) is 79.8 cm³/mol. The molecule has 4 rings (SSSR count). The van der Waals surface area contributed by atoms with E-state index in [4.69, 9.17) is 17.0 Å². The van der Waals surface area contributed by atoms with Gasteiger partial charge in [-0.3, -0.25) is 5.10 Å². The van der Waals surface area contributed by atoms with Gasteiger partial charge in [0.15, 0.2) is 17.1 Å². The minimum atomic E-state index is 0.407. The molecule has 0 unspecified atom stereocenters. The third-order valence-corrected chi connectivity index (χ3v) is 3.57. The van der Waals surface area contributed by atoms with Gasteiger partial charge in [0.05, 0.1) is 13.4 Å². The number of ether oxygens (including phenoxy) is 1. The van der Waals surface area contributed by atoms with Gasteiger partial charge in [0.2, 0.25) is 4.77 Å². The summed E-state index contributed by atoms with van der Waals surface area (Å²) in [4.78, 5) is 11.5. The number of aromatic amines is 2. The lowest BCUT2D eigenvalue weighted by atomic mass is 10.2. The smallest absolute Gasteiger partial charge is 0.209 e. The molecule has 8 heteroatoms. The molecule has 4 aromatic rings. The molecule has 0 radical (unpaired) electrons. The van der Waals surface area contributed by atoms with E-state index in [-0.39, 0.29) is 0 Å². The highest BCUT2D eigenvalue weighted by Crippen LogP contribution is 2.23. The summed E-state index contributed by atoms with van der Waals surface area (Å²) < 4.78 is 7.36. The summed E-state index contributed by atoms with van der Waals surface area (Å²) in [5.41, 5.74) is 3.01. The Balaban J connectivity index is 2.02. The van der Waals surface area contributed by atoms with Crippen LogP contribution >= 0.6 is 12.2 Å². The first-order chi connectivity index (χ1) is 10.3. The molecule has 21 heavy (non-hydrogen) atoms. The highest BCUT2D eigenvalue weighted by molar-refractivity contribution is 7.71. The predicted octanol–water partition coefficient (Wildman–Crippen LogP) is 2.34. The van der Waals surface area contributed by atoms with Crippen LogP contribution in [0.15, 0.2) is 30.6 Å². The Hall–Kier alpha value is -2.74. The van der Waals surface area contributed by atoms with Crippen molar-refractivity contribution < 1.29 is 4.74 Å². The van der Waals surface area contributed by atoms with E-state index in [1.807, 2.05) is 24.3 Å². The summed E-state index contributed by atoms with van der Waals surface area (Å²) in [6.45, 7) is 0. The number of nitrogens with zero attached hydrogens (tertiary/aromatic N) is 4. The number of hydrogen-bond donors (Lipinski definition) is 2. The Morgan fingerprint density at radius 2 is 2.05 bits per heavy atom. The Morgan fingerprint density at radius 1 is 1.24 bits per heavy atom. The van der Waals surface area contributed by atoms with Crippen LogP contribution < -0.4 is 4.74 Å². The van der Waals surface area contributed by atoms with Gasteiger partial charge in [-0.05, 0) is 36.5 Å². The molecule has 2 N–H and O–H groups in total. The summed E-state index contributed by atoms with van der Waals surface area (Å²) in [6.07, 6.45) is 1.58. The number of hydrogen-bond acceptors (Lipinski definition) is 5. The van der Waals surface area contributed by atoms with Crippen molar-refractivity contribution in [2.75, 3.05) is 7.11 Å². The van der Waals surface area contributed by atoms with Gasteiger partial charge in [0.25, 0.3) is 0 Å². The van der Waals surface area contributed by atoms with Crippen molar-refractivity contribution in [1.82, 2.24) is 29.5 Å². The minimum Gasteiger partial charge on any atom is -0.497 e. The second kappa shape index (κ2) is 4.38. The maximum Gasteiger partial charge on any atom is 0.209 e. The number of H-pyrrole nitrogens is 2. The Labute approximate surface area is 123 Å². The average molecular weight is 298 g/mol. The van der Waals surface area contributed by atoms with Crippen LogP contribution in [0.2, 0.25) is 0 Å². The third kappa shape index (κ3) is 1.73. The summed E-state index contributed by atoms with van der Waals surface area (Å²) in [5, 5.41) is 7.34. The van der Waals surface area contributed by atoms with Crippen LogP contribution in [0.1, 0.15) is 0 Å². The highest BCUT2D eigenvalue weighted by atomic mass is 32.1. The van der Waals surface area contributed by atoms with Crippen LogP contribution in [0.4, 0.5) is 0 Å². The van der Waals surface area contributed by atoms with Crippen molar-refractivity contribution in [3.05, 3.63) is 35.4 Å². The number of fused-ring (bicyclic) bond motifs is 3. The normalized spacial score (nSPS) is 11.3. The van der Waals surface area contributed by atoms with E-state index in [2.05, 4.69) is 25.1 Å². The molecule has 7 nitrogen and oxygen atoms in total. The maximum atomic E-state index is 5.35. The molecular formula is C13H10N6OS. The quantitative estimate of drug-likeness (QED) is 0.555. The fraction of sp³-hybridized carbons (Fsp3) is 0.0769. The molecule has 0 saturated carbocycles. The van der Waals surface area contributed by atoms with Gasteiger partial charge in [0.1, 0.15) is 11.3 Å². The van der Waals surface area contributed by atoms with Gasteiger partial charge in [-0.15, -0.1) is 0 Å². The van der Waals surface area contributed by atoms with Crippen molar-refractivity contribution in [3.63, 3.8) is 0 Å². The first-order valence-electron chi connectivity index (χ1n) is 6.22. The van der Waals surface area contributed by atoms with Crippen LogP contribution in [0.3, 0.4) is 0 Å². The molecule has 0 aliphatic heterocycles. The molecule has 0 aliphatic rings. The largest absolute Gasteiger partial charge is 0.497 e. The second-order valence-corrected chi connectivity index (χ2v) is 4.82. The van der Waals surface area contributed by atoms with Crippen LogP contribution in [0.25, 0.3) is 28.2 Å². The van der Waals surface area contributed by atoms with Crippen molar-refractivity contribution in [2.24, 2.45) is 0 Å². The van der Waals surface area contributed by atoms with E-state index in [1.165, 1.54) is 0 Å². The van der Waals surface area contributed by atoms with Crippen molar-refractivity contribution in [3.8, 4) is 17.1 Å². The first kappa shape index (κ1) is 12.0.